The third-order valence-electron chi connectivity index (χ3n) is 3.39. The number of benzene rings is 1. The zero-order chi connectivity index (χ0) is 16.6. The summed E-state index contributed by atoms with van der Waals surface area (Å²) in [4.78, 5) is 11.8. The summed E-state index contributed by atoms with van der Waals surface area (Å²) in [5.74, 6) is -0.148. The van der Waals surface area contributed by atoms with Gasteiger partial charge in [0.25, 0.3) is 0 Å². The van der Waals surface area contributed by atoms with Crippen LogP contribution in [0.1, 0.15) is 18.9 Å². The molecule has 0 unspecified atom stereocenters. The van der Waals surface area contributed by atoms with E-state index in [0.717, 1.165) is 24.3 Å². The molecule has 9 heteroatoms. The maximum atomic E-state index is 12.4. The lowest BCUT2D eigenvalue weighted by atomic mass is 10.0. The van der Waals surface area contributed by atoms with Crippen molar-refractivity contribution in [2.75, 3.05) is 16.8 Å². The van der Waals surface area contributed by atoms with Gasteiger partial charge in [0.15, 0.2) is 9.84 Å². The Balaban J connectivity index is 1.98. The zero-order valence-electron chi connectivity index (χ0n) is 11.7. The number of amides is 2. The highest BCUT2D eigenvalue weighted by Gasteiger charge is 2.39. The van der Waals surface area contributed by atoms with Gasteiger partial charge in [0.1, 0.15) is 0 Å². The van der Waals surface area contributed by atoms with E-state index in [1.807, 2.05) is 0 Å². The summed E-state index contributed by atoms with van der Waals surface area (Å²) in [7, 11) is -3.16. The molecule has 1 aromatic carbocycles. The van der Waals surface area contributed by atoms with Gasteiger partial charge in [0, 0.05) is 5.69 Å². The van der Waals surface area contributed by atoms with Crippen LogP contribution in [0.2, 0.25) is 0 Å². The molecule has 0 spiro atoms. The predicted molar refractivity (Wildman–Crippen MR) is 75.3 cm³/mol. The fourth-order valence-electron chi connectivity index (χ4n) is 2.29. The number of alkyl halides is 3. The number of rotatable bonds is 2. The van der Waals surface area contributed by atoms with Crippen molar-refractivity contribution in [1.29, 1.82) is 0 Å². The van der Waals surface area contributed by atoms with Crippen LogP contribution in [0.4, 0.5) is 23.7 Å². The quantitative estimate of drug-likeness (QED) is 0.871. The zero-order valence-corrected chi connectivity index (χ0v) is 12.5. The molecule has 0 saturated carbocycles. The van der Waals surface area contributed by atoms with Crippen molar-refractivity contribution in [3.05, 3.63) is 29.8 Å². The Morgan fingerprint density at radius 3 is 2.27 bits per heavy atom. The lowest BCUT2D eigenvalue weighted by Gasteiger charge is -2.24. The van der Waals surface area contributed by atoms with Gasteiger partial charge < -0.3 is 10.6 Å². The van der Waals surface area contributed by atoms with Crippen molar-refractivity contribution >= 4 is 21.6 Å². The van der Waals surface area contributed by atoms with Crippen LogP contribution in [-0.4, -0.2) is 31.5 Å². The second kappa shape index (κ2) is 5.45. The maximum absolute atomic E-state index is 12.4. The molecular formula is C13H15F3N2O3S. The van der Waals surface area contributed by atoms with Crippen molar-refractivity contribution in [1.82, 2.24) is 5.32 Å². The Hall–Kier alpha value is -1.77. The van der Waals surface area contributed by atoms with Gasteiger partial charge in [0.2, 0.25) is 0 Å². The topological polar surface area (TPSA) is 75.3 Å². The highest BCUT2D eigenvalue weighted by molar-refractivity contribution is 7.91. The van der Waals surface area contributed by atoms with Crippen LogP contribution in [0.15, 0.2) is 24.3 Å². The Kier molecular flexibility index (Phi) is 4.12. The molecule has 1 atom stereocenters. The number of hydrogen-bond acceptors (Lipinski definition) is 3. The first-order valence-corrected chi connectivity index (χ1v) is 8.28. The van der Waals surface area contributed by atoms with E-state index in [4.69, 9.17) is 0 Å². The second-order valence-corrected chi connectivity index (χ2v) is 7.74. The van der Waals surface area contributed by atoms with E-state index in [-0.39, 0.29) is 17.2 Å². The summed E-state index contributed by atoms with van der Waals surface area (Å²) in [5, 5.41) is 4.94. The molecule has 1 aromatic rings. The van der Waals surface area contributed by atoms with Gasteiger partial charge in [-0.2, -0.15) is 13.2 Å². The number of halogens is 3. The van der Waals surface area contributed by atoms with E-state index < -0.39 is 33.1 Å². The summed E-state index contributed by atoms with van der Waals surface area (Å²) in [6, 6.07) is 3.33. The van der Waals surface area contributed by atoms with Gasteiger partial charge in [-0.25, -0.2) is 13.2 Å². The van der Waals surface area contributed by atoms with Crippen molar-refractivity contribution in [3.63, 3.8) is 0 Å². The first-order chi connectivity index (χ1) is 9.99. The molecule has 5 nitrogen and oxygen atoms in total. The van der Waals surface area contributed by atoms with Crippen LogP contribution in [0.5, 0.6) is 0 Å². The molecule has 1 fully saturated rings. The smallest absolute Gasteiger partial charge is 0.332 e. The van der Waals surface area contributed by atoms with Crippen LogP contribution in [0.3, 0.4) is 0 Å². The monoisotopic (exact) mass is 336 g/mol. The SMILES string of the molecule is C[C@@]1(NC(=O)Nc2ccc(C(F)(F)F)cc2)CCS(=O)(=O)C1. The minimum absolute atomic E-state index is 0.00403. The molecule has 22 heavy (non-hydrogen) atoms. The Labute approximate surface area is 125 Å². The molecule has 2 amide bonds. The predicted octanol–water partition coefficient (Wildman–Crippen LogP) is 2.40. The first kappa shape index (κ1) is 16.6. The second-order valence-electron chi connectivity index (χ2n) is 5.56. The summed E-state index contributed by atoms with van der Waals surface area (Å²) in [6.45, 7) is 1.61. The minimum atomic E-state index is -4.44. The highest BCUT2D eigenvalue weighted by Crippen LogP contribution is 2.30. The van der Waals surface area contributed by atoms with Crippen LogP contribution >= 0.6 is 0 Å². The lowest BCUT2D eigenvalue weighted by molar-refractivity contribution is -0.137. The number of sulfone groups is 1. The van der Waals surface area contributed by atoms with Crippen LogP contribution in [-0.2, 0) is 16.0 Å². The van der Waals surface area contributed by atoms with Gasteiger partial charge in [-0.15, -0.1) is 0 Å². The summed E-state index contributed by atoms with van der Waals surface area (Å²) >= 11 is 0. The summed E-state index contributed by atoms with van der Waals surface area (Å²) in [6.07, 6.45) is -4.14. The highest BCUT2D eigenvalue weighted by atomic mass is 32.2. The Morgan fingerprint density at radius 1 is 1.23 bits per heavy atom. The standard InChI is InChI=1S/C13H15F3N2O3S/c1-12(6-7-22(20,21)8-12)18-11(19)17-10-4-2-9(3-5-10)13(14,15)16/h2-5H,6-8H2,1H3,(H2,17,18,19)/t12-/m1/s1. The van der Waals surface area contributed by atoms with E-state index in [1.165, 1.54) is 0 Å². The third kappa shape index (κ3) is 4.12. The largest absolute Gasteiger partial charge is 0.416 e. The molecule has 0 aromatic heterocycles. The maximum Gasteiger partial charge on any atom is 0.416 e. The average molecular weight is 336 g/mol. The van der Waals surface area contributed by atoms with E-state index in [2.05, 4.69) is 10.6 Å². The normalized spacial score (nSPS) is 24.0. The molecule has 0 radical (unpaired) electrons. The average Bonchev–Trinajstić information content (AvgIpc) is 2.62. The van der Waals surface area contributed by atoms with Crippen LogP contribution in [0.25, 0.3) is 0 Å². The number of hydrogen-bond donors (Lipinski definition) is 2. The molecule has 0 aliphatic carbocycles. The fourth-order valence-corrected chi connectivity index (χ4v) is 4.38. The van der Waals surface area contributed by atoms with Crippen molar-refractivity contribution in [2.45, 2.75) is 25.1 Å². The molecule has 1 saturated heterocycles. The molecule has 1 heterocycles. The van der Waals surface area contributed by atoms with Gasteiger partial charge >= 0.3 is 12.2 Å². The third-order valence-corrected chi connectivity index (χ3v) is 5.29. The molecule has 1 aliphatic rings. The fraction of sp³-hybridized carbons (Fsp3) is 0.462. The van der Waals surface area contributed by atoms with E-state index >= 15 is 0 Å². The number of urea groups is 1. The van der Waals surface area contributed by atoms with Crippen LogP contribution in [0, 0.1) is 0 Å². The van der Waals surface area contributed by atoms with Gasteiger partial charge in [-0.1, -0.05) is 0 Å². The minimum Gasteiger partial charge on any atom is -0.332 e. The molecule has 2 rings (SSSR count). The summed E-state index contributed by atoms with van der Waals surface area (Å²) < 4.78 is 60.1. The number of nitrogens with one attached hydrogen (secondary N) is 2. The van der Waals surface area contributed by atoms with Gasteiger partial charge in [-0.3, -0.25) is 0 Å². The van der Waals surface area contributed by atoms with Crippen LogP contribution < -0.4 is 10.6 Å². The van der Waals surface area contributed by atoms with Gasteiger partial charge in [-0.05, 0) is 37.6 Å². The molecular weight excluding hydrogens is 321 g/mol. The number of carbonyl (C=O) groups excluding carboxylic acids is 1. The van der Waals surface area contributed by atoms with Crippen molar-refractivity contribution < 1.29 is 26.4 Å². The molecule has 1 aliphatic heterocycles. The Morgan fingerprint density at radius 2 is 1.82 bits per heavy atom. The van der Waals surface area contributed by atoms with E-state index in [0.29, 0.717) is 6.42 Å². The van der Waals surface area contributed by atoms with E-state index in [9.17, 15) is 26.4 Å². The van der Waals surface area contributed by atoms with E-state index in [1.54, 1.807) is 6.92 Å². The number of carbonyl (C=O) groups is 1. The van der Waals surface area contributed by atoms with Gasteiger partial charge in [0.05, 0.1) is 22.6 Å². The van der Waals surface area contributed by atoms with Crippen molar-refractivity contribution in [2.24, 2.45) is 0 Å². The Bertz CT molecular complexity index is 671. The molecule has 122 valence electrons. The number of anilines is 1. The molecule has 2 N–H and O–H groups in total. The van der Waals surface area contributed by atoms with Crippen molar-refractivity contribution in [3.8, 4) is 0 Å². The molecule has 0 bridgehead atoms. The first-order valence-electron chi connectivity index (χ1n) is 6.46. The summed E-state index contributed by atoms with van der Waals surface area (Å²) in [5.41, 5.74) is -1.49. The lowest BCUT2D eigenvalue weighted by Crippen LogP contribution is -2.48.